The first kappa shape index (κ1) is 30.7. The number of carbonyl (C=O) groups is 3. The molecule has 40 heavy (non-hydrogen) atoms. The number of likely N-dealkylation sites (tertiary alicyclic amines) is 1. The summed E-state index contributed by atoms with van der Waals surface area (Å²) in [4.78, 5) is 45.7. The molecule has 3 rings (SSSR count). The van der Waals surface area contributed by atoms with E-state index in [0.29, 0.717) is 12.4 Å². The first-order valence-corrected chi connectivity index (χ1v) is 13.3. The Morgan fingerprint density at radius 3 is 2.42 bits per heavy atom. The molecule has 1 aliphatic heterocycles. The fourth-order valence-electron chi connectivity index (χ4n) is 4.40. The van der Waals surface area contributed by atoms with Crippen LogP contribution in [-0.2, 0) is 27.7 Å². The smallest absolute Gasteiger partial charge is 0.416 e. The molecule has 1 saturated heterocycles. The molecular formula is C27H41N7O6. The van der Waals surface area contributed by atoms with Crippen molar-refractivity contribution in [3.05, 3.63) is 30.1 Å². The van der Waals surface area contributed by atoms with E-state index in [2.05, 4.69) is 15.4 Å². The van der Waals surface area contributed by atoms with Crippen molar-refractivity contribution < 1.29 is 29.0 Å². The first-order valence-electron chi connectivity index (χ1n) is 13.3. The van der Waals surface area contributed by atoms with Gasteiger partial charge in [0.25, 0.3) is 0 Å². The highest BCUT2D eigenvalue weighted by Gasteiger charge is 2.46. The normalized spacial score (nSPS) is 17.4. The monoisotopic (exact) mass is 559 g/mol. The van der Waals surface area contributed by atoms with E-state index >= 15 is 0 Å². The highest BCUT2D eigenvalue weighted by molar-refractivity contribution is 5.89. The van der Waals surface area contributed by atoms with Gasteiger partial charge in [-0.2, -0.15) is 5.10 Å². The number of aliphatic carboxylic acids is 1. The Balaban J connectivity index is 1.96. The molecule has 4 N–H and O–H groups in total. The van der Waals surface area contributed by atoms with Gasteiger partial charge in [-0.05, 0) is 73.1 Å². The number of hydrogen-bond acceptors (Lipinski definition) is 9. The lowest BCUT2D eigenvalue weighted by Crippen LogP contribution is -2.46. The van der Waals surface area contributed by atoms with E-state index in [-0.39, 0.29) is 18.8 Å². The molecule has 0 unspecified atom stereocenters. The van der Waals surface area contributed by atoms with Gasteiger partial charge in [0.2, 0.25) is 0 Å². The van der Waals surface area contributed by atoms with Crippen LogP contribution in [0.25, 0.3) is 0 Å². The lowest BCUT2D eigenvalue weighted by Gasteiger charge is -2.31. The Hall–Kier alpha value is -3.87. The Morgan fingerprint density at radius 2 is 1.82 bits per heavy atom. The summed E-state index contributed by atoms with van der Waals surface area (Å²) in [6.07, 6.45) is 1.70. The van der Waals surface area contributed by atoms with Gasteiger partial charge in [0.15, 0.2) is 0 Å². The third-order valence-electron chi connectivity index (χ3n) is 6.07. The van der Waals surface area contributed by atoms with E-state index < -0.39 is 41.4 Å². The molecule has 2 aromatic heterocycles. The topological polar surface area (TPSA) is 165 Å². The summed E-state index contributed by atoms with van der Waals surface area (Å²) in [5, 5.41) is 17.5. The van der Waals surface area contributed by atoms with Crippen molar-refractivity contribution in [1.29, 1.82) is 0 Å². The predicted molar refractivity (Wildman–Crippen MR) is 150 cm³/mol. The Morgan fingerprint density at radius 1 is 1.15 bits per heavy atom. The van der Waals surface area contributed by atoms with Gasteiger partial charge in [-0.1, -0.05) is 6.07 Å². The van der Waals surface area contributed by atoms with Crippen LogP contribution >= 0.6 is 0 Å². The molecule has 2 aromatic rings. The zero-order valence-corrected chi connectivity index (χ0v) is 24.3. The van der Waals surface area contributed by atoms with Crippen LogP contribution in [-0.4, -0.2) is 79.3 Å². The first-order chi connectivity index (χ1) is 18.6. The zero-order valence-electron chi connectivity index (χ0n) is 24.3. The van der Waals surface area contributed by atoms with E-state index in [4.69, 9.17) is 15.2 Å². The number of nitrogens with one attached hydrogen (secondary N) is 1. The van der Waals surface area contributed by atoms with E-state index in [0.717, 1.165) is 29.1 Å². The van der Waals surface area contributed by atoms with Crippen LogP contribution in [0.5, 0.6) is 0 Å². The second-order valence-electron chi connectivity index (χ2n) is 11.8. The lowest BCUT2D eigenvalue weighted by molar-refractivity contribution is -0.142. The summed E-state index contributed by atoms with van der Waals surface area (Å²) >= 11 is 0. The van der Waals surface area contributed by atoms with Crippen molar-refractivity contribution in [3.8, 4) is 0 Å². The summed E-state index contributed by atoms with van der Waals surface area (Å²) in [7, 11) is 1.85. The molecular weight excluding hydrogens is 518 g/mol. The minimum atomic E-state index is -1.19. The van der Waals surface area contributed by atoms with Crippen molar-refractivity contribution in [2.75, 3.05) is 23.3 Å². The van der Waals surface area contributed by atoms with Crippen molar-refractivity contribution in [1.82, 2.24) is 19.7 Å². The molecule has 1 fully saturated rings. The highest BCUT2D eigenvalue weighted by atomic mass is 16.6. The minimum Gasteiger partial charge on any atom is -0.480 e. The molecule has 0 saturated carbocycles. The van der Waals surface area contributed by atoms with Crippen LogP contribution in [0.3, 0.4) is 0 Å². The van der Waals surface area contributed by atoms with Crippen molar-refractivity contribution in [2.45, 2.75) is 84.1 Å². The number of anilines is 3. The molecule has 0 radical (unpaired) electrons. The van der Waals surface area contributed by atoms with Gasteiger partial charge in [-0.3, -0.25) is 14.5 Å². The molecule has 2 atom stereocenters. The Labute approximate surface area is 234 Å². The third-order valence-corrected chi connectivity index (χ3v) is 6.07. The van der Waals surface area contributed by atoms with Gasteiger partial charge >= 0.3 is 18.2 Å². The number of pyridine rings is 1. The molecule has 2 amide bonds. The van der Waals surface area contributed by atoms with Crippen molar-refractivity contribution in [3.63, 3.8) is 0 Å². The molecule has 13 heteroatoms. The number of amides is 2. The Bertz CT molecular complexity index is 1220. The molecule has 1 aliphatic rings. The van der Waals surface area contributed by atoms with Crippen LogP contribution in [0.1, 0.15) is 60.1 Å². The zero-order chi connectivity index (χ0) is 29.8. The van der Waals surface area contributed by atoms with Gasteiger partial charge in [-0.15, -0.1) is 0 Å². The lowest BCUT2D eigenvalue weighted by atomic mass is 10.1. The molecule has 13 nitrogen and oxygen atoms in total. The van der Waals surface area contributed by atoms with Gasteiger partial charge in [0.05, 0.1) is 23.6 Å². The number of aryl methyl sites for hydroxylation is 1. The molecule has 0 bridgehead atoms. The number of hydrogen-bond donors (Lipinski definition) is 3. The number of carboxylic acids is 1. The summed E-state index contributed by atoms with van der Waals surface area (Å²) in [5.74, 6) is -0.501. The predicted octanol–water partition coefficient (Wildman–Crippen LogP) is 3.65. The maximum absolute atomic E-state index is 13.5. The van der Waals surface area contributed by atoms with Crippen LogP contribution < -0.4 is 16.0 Å². The quantitative estimate of drug-likeness (QED) is 0.434. The number of ether oxygens (including phenoxy) is 2. The maximum Gasteiger partial charge on any atom is 0.416 e. The molecule has 220 valence electrons. The SMILES string of the molecule is Cn1ncc(Nc2cccc(N(C(=O)OC(C)(C)C)[C@H]3C[C@@H](C(=O)O)N(C(=O)OC(C)(C)C)C3)n2)c1CCCN. The molecule has 3 heterocycles. The summed E-state index contributed by atoms with van der Waals surface area (Å²) in [6, 6.07) is 3.20. The summed E-state index contributed by atoms with van der Waals surface area (Å²) in [5.41, 5.74) is 5.75. The summed E-state index contributed by atoms with van der Waals surface area (Å²) < 4.78 is 12.9. The van der Waals surface area contributed by atoms with E-state index in [9.17, 15) is 19.5 Å². The average Bonchev–Trinajstić information content (AvgIpc) is 3.40. The fraction of sp³-hybridized carbons (Fsp3) is 0.593. The van der Waals surface area contributed by atoms with Crippen LogP contribution in [0.2, 0.25) is 0 Å². The second kappa shape index (κ2) is 12.1. The Kier molecular flexibility index (Phi) is 9.28. The second-order valence-corrected chi connectivity index (χ2v) is 11.8. The maximum atomic E-state index is 13.5. The van der Waals surface area contributed by atoms with E-state index in [1.807, 2.05) is 7.05 Å². The number of rotatable bonds is 8. The fourth-order valence-corrected chi connectivity index (χ4v) is 4.40. The standard InChI is InChI=1S/C27H41N7O6/c1-26(2,3)39-24(37)33-16-17(14-20(33)23(35)36)34(25(38)40-27(4,5)6)22-12-8-11-21(31-22)30-18-15-29-32(7)19(18)10-9-13-28/h8,11-12,15,17,20H,9-10,13-14,16,28H2,1-7H3,(H,30,31)(H,35,36)/t17-,20-/m0/s1. The molecule has 0 aromatic carbocycles. The van der Waals surface area contributed by atoms with Gasteiger partial charge in [-0.25, -0.2) is 19.4 Å². The van der Waals surface area contributed by atoms with E-state index in [1.54, 1.807) is 70.6 Å². The average molecular weight is 560 g/mol. The third kappa shape index (κ3) is 7.84. The van der Waals surface area contributed by atoms with Crippen LogP contribution in [0.4, 0.5) is 26.9 Å². The summed E-state index contributed by atoms with van der Waals surface area (Å²) in [6.45, 7) is 10.8. The number of nitrogens with zero attached hydrogens (tertiary/aromatic N) is 5. The van der Waals surface area contributed by atoms with E-state index in [1.165, 1.54) is 4.90 Å². The van der Waals surface area contributed by atoms with Crippen LogP contribution in [0, 0.1) is 0 Å². The van der Waals surface area contributed by atoms with Gasteiger partial charge < -0.3 is 25.6 Å². The number of nitrogens with two attached hydrogens (primary N) is 1. The molecule has 0 spiro atoms. The van der Waals surface area contributed by atoms with Gasteiger partial charge in [0, 0.05) is 20.0 Å². The van der Waals surface area contributed by atoms with Crippen molar-refractivity contribution >= 4 is 35.5 Å². The number of aromatic nitrogens is 3. The largest absolute Gasteiger partial charge is 0.480 e. The van der Waals surface area contributed by atoms with Crippen LogP contribution in [0.15, 0.2) is 24.4 Å². The highest BCUT2D eigenvalue weighted by Crippen LogP contribution is 2.31. The minimum absolute atomic E-state index is 0.0288. The number of carbonyl (C=O) groups excluding carboxylic acids is 2. The molecule has 0 aliphatic carbocycles. The number of carboxylic acid groups (broad SMARTS) is 1. The van der Waals surface area contributed by atoms with Crippen molar-refractivity contribution in [2.24, 2.45) is 12.8 Å². The van der Waals surface area contributed by atoms with Gasteiger partial charge in [0.1, 0.15) is 28.9 Å².